The molecular formula is C11H15N3O3. The highest BCUT2D eigenvalue weighted by Gasteiger charge is 2.09. The van der Waals surface area contributed by atoms with Gasteiger partial charge in [-0.15, -0.1) is 0 Å². The quantitative estimate of drug-likeness (QED) is 0.441. The zero-order valence-corrected chi connectivity index (χ0v) is 9.49. The maximum absolute atomic E-state index is 10.9. The summed E-state index contributed by atoms with van der Waals surface area (Å²) in [6, 6.07) is 4.53. The molecule has 0 spiro atoms. The molecule has 0 atom stereocenters. The number of carboxylic acid groups (broad SMARTS) is 1. The Morgan fingerprint density at radius 3 is 2.65 bits per heavy atom. The van der Waals surface area contributed by atoms with Crippen LogP contribution in [0.15, 0.2) is 18.2 Å². The van der Waals surface area contributed by atoms with Crippen LogP contribution in [0.25, 0.3) is 0 Å². The van der Waals surface area contributed by atoms with Crippen LogP contribution in [-0.2, 0) is 4.79 Å². The fourth-order valence-electron chi connectivity index (χ4n) is 1.33. The average molecular weight is 237 g/mol. The van der Waals surface area contributed by atoms with E-state index in [1.54, 1.807) is 6.07 Å². The molecule has 0 bridgehead atoms. The van der Waals surface area contributed by atoms with Gasteiger partial charge >= 0.3 is 5.97 Å². The van der Waals surface area contributed by atoms with Crippen LogP contribution < -0.4 is 16.4 Å². The largest absolute Gasteiger partial charge is 0.478 e. The van der Waals surface area contributed by atoms with E-state index in [0.29, 0.717) is 24.5 Å². The number of nitrogens with one attached hydrogen (secondary N) is 2. The van der Waals surface area contributed by atoms with Gasteiger partial charge in [-0.3, -0.25) is 4.79 Å². The summed E-state index contributed by atoms with van der Waals surface area (Å²) in [4.78, 5) is 21.6. The van der Waals surface area contributed by atoms with E-state index in [2.05, 4.69) is 10.6 Å². The molecule has 0 heterocycles. The Hall–Kier alpha value is -2.24. The van der Waals surface area contributed by atoms with Crippen molar-refractivity contribution in [1.82, 2.24) is 5.32 Å². The van der Waals surface area contributed by atoms with Gasteiger partial charge in [-0.05, 0) is 18.2 Å². The van der Waals surface area contributed by atoms with E-state index in [-0.39, 0.29) is 11.5 Å². The van der Waals surface area contributed by atoms with Crippen LogP contribution in [0.4, 0.5) is 11.4 Å². The highest BCUT2D eigenvalue weighted by Crippen LogP contribution is 2.18. The summed E-state index contributed by atoms with van der Waals surface area (Å²) in [7, 11) is 0. The highest BCUT2D eigenvalue weighted by atomic mass is 16.4. The maximum atomic E-state index is 10.9. The van der Waals surface area contributed by atoms with Gasteiger partial charge in [0.1, 0.15) is 0 Å². The fraction of sp³-hybridized carbons (Fsp3) is 0.273. The number of rotatable bonds is 5. The van der Waals surface area contributed by atoms with Crippen LogP contribution >= 0.6 is 0 Å². The standard InChI is InChI=1S/C11H15N3O3/c1-7(15)13-4-5-14-10-6-8(12)2-3-9(10)11(16)17/h2-3,6,14H,4-5,12H2,1H3,(H,13,15)(H,16,17). The van der Waals surface area contributed by atoms with E-state index in [0.717, 1.165) is 0 Å². The monoisotopic (exact) mass is 237 g/mol. The molecule has 0 radical (unpaired) electrons. The minimum Gasteiger partial charge on any atom is -0.478 e. The van der Waals surface area contributed by atoms with E-state index in [1.165, 1.54) is 19.1 Å². The molecule has 5 N–H and O–H groups in total. The van der Waals surface area contributed by atoms with Crippen molar-refractivity contribution in [2.24, 2.45) is 0 Å². The van der Waals surface area contributed by atoms with E-state index < -0.39 is 5.97 Å². The molecule has 1 amide bonds. The molecule has 0 fully saturated rings. The van der Waals surface area contributed by atoms with E-state index >= 15 is 0 Å². The Bertz CT molecular complexity index is 432. The van der Waals surface area contributed by atoms with Crippen molar-refractivity contribution in [3.63, 3.8) is 0 Å². The Kier molecular flexibility index (Phi) is 4.33. The summed E-state index contributed by atoms with van der Waals surface area (Å²) < 4.78 is 0. The number of amides is 1. The lowest BCUT2D eigenvalue weighted by atomic mass is 10.1. The van der Waals surface area contributed by atoms with Crippen molar-refractivity contribution in [3.05, 3.63) is 23.8 Å². The van der Waals surface area contributed by atoms with Gasteiger partial charge in [0.15, 0.2) is 0 Å². The average Bonchev–Trinajstić information content (AvgIpc) is 2.23. The first kappa shape index (κ1) is 12.8. The first-order chi connectivity index (χ1) is 8.00. The zero-order chi connectivity index (χ0) is 12.8. The Morgan fingerprint density at radius 1 is 1.35 bits per heavy atom. The molecule has 6 nitrogen and oxygen atoms in total. The van der Waals surface area contributed by atoms with Crippen molar-refractivity contribution >= 4 is 23.3 Å². The molecule has 0 aliphatic rings. The second-order valence-electron chi connectivity index (χ2n) is 3.52. The molecule has 0 saturated carbocycles. The lowest BCUT2D eigenvalue weighted by Gasteiger charge is -2.10. The molecule has 0 saturated heterocycles. The SMILES string of the molecule is CC(=O)NCCNc1cc(N)ccc1C(=O)O. The molecule has 0 aliphatic heterocycles. The number of hydrogen-bond donors (Lipinski definition) is 4. The molecule has 6 heteroatoms. The number of nitrogen functional groups attached to an aromatic ring is 1. The van der Waals surface area contributed by atoms with Crippen molar-refractivity contribution in [3.8, 4) is 0 Å². The predicted octanol–water partition coefficient (Wildman–Crippen LogP) is 0.515. The minimum absolute atomic E-state index is 0.127. The van der Waals surface area contributed by atoms with Gasteiger partial charge in [-0.1, -0.05) is 0 Å². The Morgan fingerprint density at radius 2 is 2.06 bits per heavy atom. The summed E-state index contributed by atoms with van der Waals surface area (Å²) in [6.45, 7) is 2.27. The number of hydrogen-bond acceptors (Lipinski definition) is 4. The Labute approximate surface area is 98.8 Å². The summed E-state index contributed by atoms with van der Waals surface area (Å²) >= 11 is 0. The van der Waals surface area contributed by atoms with Gasteiger partial charge in [0.05, 0.1) is 11.3 Å². The van der Waals surface area contributed by atoms with E-state index in [1.807, 2.05) is 0 Å². The number of carbonyl (C=O) groups excluding carboxylic acids is 1. The molecule has 17 heavy (non-hydrogen) atoms. The first-order valence-electron chi connectivity index (χ1n) is 5.12. The van der Waals surface area contributed by atoms with E-state index in [9.17, 15) is 9.59 Å². The highest BCUT2D eigenvalue weighted by molar-refractivity contribution is 5.95. The number of nitrogens with two attached hydrogens (primary N) is 1. The molecule has 0 aliphatic carbocycles. The molecule has 1 rings (SSSR count). The molecule has 0 aromatic heterocycles. The molecule has 1 aromatic carbocycles. The van der Waals surface area contributed by atoms with Gasteiger partial charge in [-0.25, -0.2) is 4.79 Å². The number of carboxylic acids is 1. The second kappa shape index (κ2) is 5.74. The third-order valence-electron chi connectivity index (χ3n) is 2.09. The first-order valence-corrected chi connectivity index (χ1v) is 5.12. The normalized spacial score (nSPS) is 9.71. The summed E-state index contributed by atoms with van der Waals surface area (Å²) in [6.07, 6.45) is 0. The van der Waals surface area contributed by atoms with Crippen LogP contribution in [0.1, 0.15) is 17.3 Å². The van der Waals surface area contributed by atoms with Gasteiger partial charge < -0.3 is 21.5 Å². The maximum Gasteiger partial charge on any atom is 0.337 e. The molecule has 1 aromatic rings. The van der Waals surface area contributed by atoms with Crippen LogP contribution in [-0.4, -0.2) is 30.1 Å². The third kappa shape index (κ3) is 4.02. The summed E-state index contributed by atoms with van der Waals surface area (Å²) in [5.74, 6) is -1.15. The van der Waals surface area contributed by atoms with Crippen molar-refractivity contribution in [2.45, 2.75) is 6.92 Å². The summed E-state index contributed by atoms with van der Waals surface area (Å²) in [5, 5.41) is 14.5. The van der Waals surface area contributed by atoms with Crippen LogP contribution in [0.3, 0.4) is 0 Å². The van der Waals surface area contributed by atoms with Crippen LogP contribution in [0, 0.1) is 0 Å². The third-order valence-corrected chi connectivity index (χ3v) is 2.09. The molecule has 0 unspecified atom stereocenters. The lowest BCUT2D eigenvalue weighted by molar-refractivity contribution is -0.118. The topological polar surface area (TPSA) is 104 Å². The molecular weight excluding hydrogens is 222 g/mol. The number of aromatic carboxylic acids is 1. The number of benzene rings is 1. The molecule has 92 valence electrons. The minimum atomic E-state index is -1.02. The predicted molar refractivity (Wildman–Crippen MR) is 65.0 cm³/mol. The Balaban J connectivity index is 2.65. The van der Waals surface area contributed by atoms with Gasteiger partial charge in [0.2, 0.25) is 5.91 Å². The number of carbonyl (C=O) groups is 2. The van der Waals surface area contributed by atoms with Crippen LogP contribution in [0.5, 0.6) is 0 Å². The van der Waals surface area contributed by atoms with Crippen molar-refractivity contribution in [1.29, 1.82) is 0 Å². The van der Waals surface area contributed by atoms with Crippen molar-refractivity contribution < 1.29 is 14.7 Å². The lowest BCUT2D eigenvalue weighted by Crippen LogP contribution is -2.26. The smallest absolute Gasteiger partial charge is 0.337 e. The summed E-state index contributed by atoms with van der Waals surface area (Å²) in [5.41, 5.74) is 6.66. The number of anilines is 2. The van der Waals surface area contributed by atoms with Gasteiger partial charge in [0, 0.05) is 25.7 Å². The fourth-order valence-corrected chi connectivity index (χ4v) is 1.33. The van der Waals surface area contributed by atoms with Crippen molar-refractivity contribution in [2.75, 3.05) is 24.1 Å². The van der Waals surface area contributed by atoms with E-state index in [4.69, 9.17) is 10.8 Å². The van der Waals surface area contributed by atoms with Crippen LogP contribution in [0.2, 0.25) is 0 Å². The van der Waals surface area contributed by atoms with Gasteiger partial charge in [-0.2, -0.15) is 0 Å². The van der Waals surface area contributed by atoms with Gasteiger partial charge in [0.25, 0.3) is 0 Å². The second-order valence-corrected chi connectivity index (χ2v) is 3.52. The zero-order valence-electron chi connectivity index (χ0n) is 9.49.